The SMILES string of the molecule is O=C(NCc1nnc2n1CCC2)N1CCC[C@@H]1C[C@H]1C[C@H]2CC[C@H]1C2. The molecule has 3 heterocycles. The van der Waals surface area contributed by atoms with Crippen molar-refractivity contribution < 1.29 is 4.79 Å². The molecule has 25 heavy (non-hydrogen) atoms. The molecule has 0 aromatic carbocycles. The largest absolute Gasteiger partial charge is 0.331 e. The molecule has 2 aliphatic heterocycles. The third-order valence-corrected chi connectivity index (χ3v) is 7.18. The van der Waals surface area contributed by atoms with Gasteiger partial charge in [-0.15, -0.1) is 10.2 Å². The summed E-state index contributed by atoms with van der Waals surface area (Å²) < 4.78 is 2.16. The maximum atomic E-state index is 12.7. The predicted octanol–water partition coefficient (Wildman–Crippen LogP) is 2.72. The first kappa shape index (κ1) is 15.6. The number of likely N-dealkylation sites (tertiary alicyclic amines) is 1. The van der Waals surface area contributed by atoms with Gasteiger partial charge in [-0.05, 0) is 62.7 Å². The summed E-state index contributed by atoms with van der Waals surface area (Å²) in [6.07, 6.45) is 11.5. The summed E-state index contributed by atoms with van der Waals surface area (Å²) in [4.78, 5) is 14.8. The zero-order valence-corrected chi connectivity index (χ0v) is 15.0. The van der Waals surface area contributed by atoms with E-state index in [2.05, 4.69) is 25.0 Å². The second-order valence-electron chi connectivity index (χ2n) is 8.61. The van der Waals surface area contributed by atoms with Crippen molar-refractivity contribution in [2.75, 3.05) is 6.54 Å². The summed E-state index contributed by atoms with van der Waals surface area (Å²) in [5.41, 5.74) is 0. The molecular weight excluding hydrogens is 314 g/mol. The number of urea groups is 1. The maximum Gasteiger partial charge on any atom is 0.318 e. The van der Waals surface area contributed by atoms with Crippen LogP contribution in [0.4, 0.5) is 4.79 Å². The summed E-state index contributed by atoms with van der Waals surface area (Å²) in [6, 6.07) is 0.550. The van der Waals surface area contributed by atoms with E-state index in [4.69, 9.17) is 0 Å². The highest BCUT2D eigenvalue weighted by molar-refractivity contribution is 5.74. The van der Waals surface area contributed by atoms with Gasteiger partial charge in [-0.1, -0.05) is 6.42 Å². The fourth-order valence-corrected chi connectivity index (χ4v) is 5.96. The predicted molar refractivity (Wildman–Crippen MR) is 93.9 cm³/mol. The van der Waals surface area contributed by atoms with Crippen LogP contribution in [-0.4, -0.2) is 38.3 Å². The van der Waals surface area contributed by atoms with Crippen LogP contribution in [0.25, 0.3) is 0 Å². The van der Waals surface area contributed by atoms with E-state index in [0.29, 0.717) is 12.6 Å². The number of carbonyl (C=O) groups excluding carboxylic acids is 1. The Hall–Kier alpha value is -1.59. The molecule has 136 valence electrons. The van der Waals surface area contributed by atoms with E-state index in [1.807, 2.05) is 0 Å². The molecule has 1 saturated heterocycles. The van der Waals surface area contributed by atoms with Crippen molar-refractivity contribution in [1.82, 2.24) is 25.0 Å². The second kappa shape index (κ2) is 6.29. The molecular formula is C19H29N5O. The average molecular weight is 343 g/mol. The van der Waals surface area contributed by atoms with E-state index in [1.165, 1.54) is 38.5 Å². The maximum absolute atomic E-state index is 12.7. The number of hydrogen-bond donors (Lipinski definition) is 1. The van der Waals surface area contributed by atoms with Crippen LogP contribution < -0.4 is 5.32 Å². The quantitative estimate of drug-likeness (QED) is 0.914. The van der Waals surface area contributed by atoms with E-state index in [-0.39, 0.29) is 6.03 Å². The molecule has 1 aromatic rings. The lowest BCUT2D eigenvalue weighted by Crippen LogP contribution is -2.43. The molecule has 6 heteroatoms. The van der Waals surface area contributed by atoms with Crippen LogP contribution >= 0.6 is 0 Å². The normalized spacial score (nSPS) is 33.2. The van der Waals surface area contributed by atoms with Crippen molar-refractivity contribution in [3.63, 3.8) is 0 Å². The molecule has 4 aliphatic rings. The number of nitrogens with one attached hydrogen (secondary N) is 1. The van der Waals surface area contributed by atoms with Crippen molar-refractivity contribution in [3.05, 3.63) is 11.6 Å². The minimum Gasteiger partial charge on any atom is -0.331 e. The van der Waals surface area contributed by atoms with Gasteiger partial charge in [0.2, 0.25) is 0 Å². The minimum absolute atomic E-state index is 0.0982. The smallest absolute Gasteiger partial charge is 0.318 e. The Kier molecular flexibility index (Phi) is 3.94. The number of hydrogen-bond acceptors (Lipinski definition) is 3. The van der Waals surface area contributed by atoms with Gasteiger partial charge < -0.3 is 14.8 Å². The van der Waals surface area contributed by atoms with Gasteiger partial charge in [0.05, 0.1) is 6.54 Å². The Morgan fingerprint density at radius 2 is 2.08 bits per heavy atom. The molecule has 2 amide bonds. The minimum atomic E-state index is 0.0982. The van der Waals surface area contributed by atoms with Gasteiger partial charge in [-0.2, -0.15) is 0 Å². The fraction of sp³-hybridized carbons (Fsp3) is 0.842. The lowest BCUT2D eigenvalue weighted by atomic mass is 9.84. The molecule has 3 fully saturated rings. The van der Waals surface area contributed by atoms with E-state index in [0.717, 1.165) is 61.8 Å². The van der Waals surface area contributed by atoms with Crippen LogP contribution in [-0.2, 0) is 19.5 Å². The Morgan fingerprint density at radius 3 is 2.92 bits per heavy atom. The molecule has 1 aromatic heterocycles. The molecule has 1 N–H and O–H groups in total. The Balaban J connectivity index is 1.18. The number of fused-ring (bicyclic) bond motifs is 3. The summed E-state index contributed by atoms with van der Waals surface area (Å²) in [5.74, 6) is 4.80. The molecule has 2 bridgehead atoms. The van der Waals surface area contributed by atoms with Gasteiger partial charge in [-0.3, -0.25) is 0 Å². The number of amides is 2. The van der Waals surface area contributed by atoms with Crippen LogP contribution in [0.2, 0.25) is 0 Å². The lowest BCUT2D eigenvalue weighted by molar-refractivity contribution is 0.174. The van der Waals surface area contributed by atoms with Crippen molar-refractivity contribution in [2.45, 2.75) is 76.9 Å². The van der Waals surface area contributed by atoms with Gasteiger partial charge in [-0.25, -0.2) is 4.79 Å². The van der Waals surface area contributed by atoms with E-state index >= 15 is 0 Å². The van der Waals surface area contributed by atoms with Crippen LogP contribution in [0.3, 0.4) is 0 Å². The van der Waals surface area contributed by atoms with E-state index in [1.54, 1.807) is 0 Å². The number of nitrogens with zero attached hydrogens (tertiary/aromatic N) is 4. The molecule has 2 saturated carbocycles. The van der Waals surface area contributed by atoms with Crippen molar-refractivity contribution in [2.24, 2.45) is 17.8 Å². The van der Waals surface area contributed by atoms with Crippen LogP contribution in [0, 0.1) is 17.8 Å². The first-order valence-corrected chi connectivity index (χ1v) is 10.2. The Morgan fingerprint density at radius 1 is 1.12 bits per heavy atom. The van der Waals surface area contributed by atoms with Crippen molar-refractivity contribution >= 4 is 6.03 Å². The molecule has 4 atom stereocenters. The Bertz CT molecular complexity index is 656. The van der Waals surface area contributed by atoms with Crippen molar-refractivity contribution in [1.29, 1.82) is 0 Å². The van der Waals surface area contributed by atoms with Crippen LogP contribution in [0.5, 0.6) is 0 Å². The zero-order chi connectivity index (χ0) is 16.8. The second-order valence-corrected chi connectivity index (χ2v) is 8.61. The standard InChI is InChI=1S/C19H29N5O/c25-19(20-12-18-22-21-17-4-2-8-24(17)18)23-7-1-3-16(23)11-15-10-13-5-6-14(15)9-13/h13-16H,1-12H2,(H,20,25)/t13-,14-,15+,16+/m0/s1. The topological polar surface area (TPSA) is 63.1 Å². The van der Waals surface area contributed by atoms with Gasteiger partial charge in [0.25, 0.3) is 0 Å². The van der Waals surface area contributed by atoms with Crippen molar-refractivity contribution in [3.8, 4) is 0 Å². The lowest BCUT2D eigenvalue weighted by Gasteiger charge is -2.30. The number of aryl methyl sites for hydroxylation is 1. The first-order valence-electron chi connectivity index (χ1n) is 10.2. The summed E-state index contributed by atoms with van der Waals surface area (Å²) in [5, 5.41) is 11.6. The summed E-state index contributed by atoms with van der Waals surface area (Å²) in [6.45, 7) is 2.41. The Labute approximate surface area is 149 Å². The number of aromatic nitrogens is 3. The third kappa shape index (κ3) is 2.83. The molecule has 0 spiro atoms. The highest BCUT2D eigenvalue weighted by Gasteiger charge is 2.42. The molecule has 2 aliphatic carbocycles. The van der Waals surface area contributed by atoms with Gasteiger partial charge in [0.1, 0.15) is 5.82 Å². The molecule has 6 nitrogen and oxygen atoms in total. The highest BCUT2D eigenvalue weighted by Crippen LogP contribution is 2.50. The fourth-order valence-electron chi connectivity index (χ4n) is 5.96. The third-order valence-electron chi connectivity index (χ3n) is 7.18. The molecule has 0 radical (unpaired) electrons. The molecule has 0 unspecified atom stereocenters. The number of rotatable bonds is 4. The van der Waals surface area contributed by atoms with E-state index < -0.39 is 0 Å². The van der Waals surface area contributed by atoms with E-state index in [9.17, 15) is 4.79 Å². The first-order chi connectivity index (χ1) is 12.3. The van der Waals surface area contributed by atoms with Gasteiger partial charge in [0, 0.05) is 25.6 Å². The zero-order valence-electron chi connectivity index (χ0n) is 15.0. The molecule has 5 rings (SSSR count). The summed E-state index contributed by atoms with van der Waals surface area (Å²) >= 11 is 0. The van der Waals surface area contributed by atoms with Crippen LogP contribution in [0.15, 0.2) is 0 Å². The average Bonchev–Trinajstić information content (AvgIpc) is 3.38. The van der Waals surface area contributed by atoms with Crippen LogP contribution in [0.1, 0.15) is 63.0 Å². The van der Waals surface area contributed by atoms with Gasteiger partial charge in [0.15, 0.2) is 5.82 Å². The monoisotopic (exact) mass is 343 g/mol. The summed E-state index contributed by atoms with van der Waals surface area (Å²) in [7, 11) is 0. The number of carbonyl (C=O) groups is 1. The highest BCUT2D eigenvalue weighted by atomic mass is 16.2. The van der Waals surface area contributed by atoms with Gasteiger partial charge >= 0.3 is 6.03 Å².